The summed E-state index contributed by atoms with van der Waals surface area (Å²) in [5.74, 6) is -2.71. The lowest BCUT2D eigenvalue weighted by Crippen LogP contribution is -2.63. The lowest BCUT2D eigenvalue weighted by atomic mass is 10.2. The Bertz CT molecular complexity index is 2040. The van der Waals surface area contributed by atoms with Crippen molar-refractivity contribution < 1.29 is 57.3 Å². The molecular formula is C68H100N4O12S2. The Balaban J connectivity index is 2.75. The van der Waals surface area contributed by atoms with Crippen molar-refractivity contribution in [3.63, 3.8) is 0 Å². The van der Waals surface area contributed by atoms with Crippen molar-refractivity contribution in [3.05, 3.63) is 146 Å². The highest BCUT2D eigenvalue weighted by Gasteiger charge is 2.34. The van der Waals surface area contributed by atoms with Crippen molar-refractivity contribution in [1.82, 2.24) is 20.4 Å². The summed E-state index contributed by atoms with van der Waals surface area (Å²) in [5.41, 5.74) is 0. The van der Waals surface area contributed by atoms with E-state index in [0.29, 0.717) is 0 Å². The number of allylic oxidation sites excluding steroid dienone is 20. The molecule has 0 radical (unpaired) electrons. The van der Waals surface area contributed by atoms with Crippen LogP contribution in [-0.4, -0.2) is 145 Å². The number of thioether (sulfide) groups is 2. The maximum atomic E-state index is 13.2. The van der Waals surface area contributed by atoms with Gasteiger partial charge in [0, 0.05) is 63.6 Å². The highest BCUT2D eigenvalue weighted by Crippen LogP contribution is 2.15. The molecule has 0 bridgehead atoms. The number of hydrogen-bond donors (Lipinski definition) is 2. The van der Waals surface area contributed by atoms with E-state index < -0.39 is 47.8 Å². The first-order valence-electron chi connectivity index (χ1n) is 30.7. The maximum Gasteiger partial charge on any atom is 0.307 e. The molecule has 2 N–H and O–H groups in total. The Morgan fingerprint density at radius 2 is 0.547 bits per heavy atom. The molecule has 16 nitrogen and oxygen atoms in total. The zero-order chi connectivity index (χ0) is 62.8. The number of nitrogens with one attached hydrogen (secondary N) is 2. The fourth-order valence-corrected chi connectivity index (χ4v) is 9.18. The monoisotopic (exact) mass is 1230 g/mol. The maximum absolute atomic E-state index is 13.2. The van der Waals surface area contributed by atoms with Crippen LogP contribution in [0.25, 0.3) is 0 Å². The van der Waals surface area contributed by atoms with E-state index >= 15 is 0 Å². The predicted molar refractivity (Wildman–Crippen MR) is 351 cm³/mol. The molecule has 1 fully saturated rings. The summed E-state index contributed by atoms with van der Waals surface area (Å²) in [6, 6.07) is -1.98. The number of nitrogens with zero attached hydrogens (tertiary/aromatic N) is 2. The Morgan fingerprint density at radius 1 is 0.337 bits per heavy atom. The number of hydrogen-bond acceptors (Lipinski definition) is 16. The van der Waals surface area contributed by atoms with E-state index in [-0.39, 0.29) is 126 Å². The lowest BCUT2D eigenvalue weighted by molar-refractivity contribution is -0.144. The van der Waals surface area contributed by atoms with Gasteiger partial charge in [-0.1, -0.05) is 197 Å². The Labute approximate surface area is 523 Å². The van der Waals surface area contributed by atoms with Crippen LogP contribution in [0.3, 0.4) is 0 Å². The minimum Gasteiger partial charge on any atom is -0.461 e. The normalized spacial score (nSPS) is 15.2. The molecule has 0 aromatic carbocycles. The zero-order valence-electron chi connectivity index (χ0n) is 51.8. The first-order chi connectivity index (χ1) is 41.9. The quantitative estimate of drug-likeness (QED) is 0.0330. The van der Waals surface area contributed by atoms with Gasteiger partial charge in [0.05, 0.1) is 25.7 Å². The van der Waals surface area contributed by atoms with E-state index in [9.17, 15) is 38.4 Å². The van der Waals surface area contributed by atoms with Crippen molar-refractivity contribution >= 4 is 69.4 Å². The minimum atomic E-state index is -0.991. The van der Waals surface area contributed by atoms with Gasteiger partial charge in [0.2, 0.25) is 11.8 Å². The molecule has 2 unspecified atom stereocenters. The van der Waals surface area contributed by atoms with Crippen molar-refractivity contribution in [3.8, 4) is 0 Å². The van der Waals surface area contributed by atoms with Crippen LogP contribution in [0.4, 0.5) is 0 Å². The number of rotatable bonds is 50. The molecule has 1 rings (SSSR count). The summed E-state index contributed by atoms with van der Waals surface area (Å²) in [5, 5.41) is 4.87. The Kier molecular flexibility index (Phi) is 51.0. The largest absolute Gasteiger partial charge is 0.461 e. The third kappa shape index (κ3) is 47.9. The number of amides is 2. The highest BCUT2D eigenvalue weighted by molar-refractivity contribution is 8.13. The molecule has 1 saturated heterocycles. The van der Waals surface area contributed by atoms with Gasteiger partial charge in [-0.3, -0.25) is 38.4 Å². The minimum absolute atomic E-state index is 0.0271. The molecule has 0 aromatic rings. The number of carbonyl (C=O) groups excluding carboxylic acids is 8. The molecule has 1 heterocycles. The van der Waals surface area contributed by atoms with Gasteiger partial charge in [0.25, 0.3) is 0 Å². The van der Waals surface area contributed by atoms with E-state index in [2.05, 4.69) is 111 Å². The van der Waals surface area contributed by atoms with Crippen LogP contribution in [0.1, 0.15) is 143 Å². The van der Waals surface area contributed by atoms with E-state index in [1.165, 1.54) is 0 Å². The molecule has 0 aromatic heterocycles. The van der Waals surface area contributed by atoms with Crippen LogP contribution in [0.5, 0.6) is 0 Å². The summed E-state index contributed by atoms with van der Waals surface area (Å²) in [6.07, 6.45) is 58.8. The van der Waals surface area contributed by atoms with Crippen molar-refractivity contribution in [2.75, 3.05) is 77.2 Å². The average molecular weight is 1230 g/mol. The van der Waals surface area contributed by atoms with Gasteiger partial charge in [-0.15, -0.1) is 0 Å². The number of carbonyl (C=O) groups is 8. The SMILES string of the molecule is CC/C=C\C/C=C\C/C=C\COC(=O)CCN(CCC(=O)OC/C=C\C/C=C\C/C=C\CC)CCC(=O)SCC1NC(=O)C(CSC(=O)CCN(CCC(=O)OC/C=C\C/C=C\C/C=C\CC)CCC(=O)OC/C=C\C/C=C\C/C=C\CC)NC1=O. The second-order valence-electron chi connectivity index (χ2n) is 19.6. The molecule has 476 valence electrons. The van der Waals surface area contributed by atoms with Crippen LogP contribution >= 0.6 is 23.5 Å². The van der Waals surface area contributed by atoms with Crippen molar-refractivity contribution in [1.29, 1.82) is 0 Å². The fourth-order valence-electron chi connectivity index (χ4n) is 7.53. The van der Waals surface area contributed by atoms with E-state index in [4.69, 9.17) is 18.9 Å². The molecule has 0 aliphatic carbocycles. The second kappa shape index (κ2) is 56.5. The van der Waals surface area contributed by atoms with Crippen LogP contribution in [0.15, 0.2) is 146 Å². The second-order valence-corrected chi connectivity index (χ2v) is 21.7. The lowest BCUT2D eigenvalue weighted by Gasteiger charge is -2.29. The first kappa shape index (κ1) is 77.7. The molecule has 1 aliphatic rings. The highest BCUT2D eigenvalue weighted by atomic mass is 32.2. The average Bonchev–Trinajstić information content (AvgIpc) is 3.60. The summed E-state index contributed by atoms with van der Waals surface area (Å²) < 4.78 is 21.6. The van der Waals surface area contributed by atoms with Gasteiger partial charge < -0.3 is 39.4 Å². The van der Waals surface area contributed by atoms with Gasteiger partial charge >= 0.3 is 23.9 Å². The molecule has 0 spiro atoms. The van der Waals surface area contributed by atoms with Gasteiger partial charge in [-0.2, -0.15) is 0 Å². The standard InChI is InChI=1S/C68H100N4O12S2/c1-5-9-13-17-21-25-29-33-37-53-81-61(73)41-47-71(48-42-62(74)82-54-38-34-30-26-22-18-14-10-6-2)51-45-65(77)85-57-59-67(79)70-60(68(80)69-59)58-86-66(78)46-52-72(49-43-63(75)83-55-39-35-31-27-23-19-15-11-7-3)50-44-64(76)84-56-40-36-32-28-24-20-16-12-8-4/h9-16,21-28,33-40,59-60H,5-8,17-20,29-32,41-58H2,1-4H3,(H,69,80)(H,70,79)/b13-9-,14-10-,15-11-,16-12-,25-21-,26-22-,27-23-,28-24-,37-33-,38-34-,39-35-,40-36-. The van der Waals surface area contributed by atoms with E-state index in [0.717, 1.165) is 101 Å². The predicted octanol–water partition coefficient (Wildman–Crippen LogP) is 12.0. The topological polar surface area (TPSA) is 204 Å². The van der Waals surface area contributed by atoms with E-state index in [1.807, 2.05) is 58.4 Å². The number of piperazine rings is 1. The van der Waals surface area contributed by atoms with Gasteiger partial charge in [-0.05, 0) is 77.0 Å². The van der Waals surface area contributed by atoms with Crippen molar-refractivity contribution in [2.24, 2.45) is 0 Å². The number of esters is 4. The molecule has 18 heteroatoms. The van der Waals surface area contributed by atoms with Gasteiger partial charge in [0.15, 0.2) is 10.2 Å². The molecule has 0 saturated carbocycles. The third-order valence-corrected chi connectivity index (χ3v) is 14.4. The molecule has 2 amide bonds. The van der Waals surface area contributed by atoms with Crippen LogP contribution in [0, 0.1) is 0 Å². The molecule has 86 heavy (non-hydrogen) atoms. The Hall–Kier alpha value is -6.34. The first-order valence-corrected chi connectivity index (χ1v) is 32.7. The smallest absolute Gasteiger partial charge is 0.307 e. The van der Waals surface area contributed by atoms with Crippen molar-refractivity contribution in [2.45, 2.75) is 155 Å². The summed E-state index contributed by atoms with van der Waals surface area (Å²) in [6.45, 7) is 10.2. The van der Waals surface area contributed by atoms with E-state index in [1.54, 1.807) is 24.3 Å². The fraction of sp³-hybridized carbons (Fsp3) is 0.529. The van der Waals surface area contributed by atoms with Crippen LogP contribution in [0.2, 0.25) is 0 Å². The third-order valence-electron chi connectivity index (χ3n) is 12.4. The molecular weight excluding hydrogens is 1130 g/mol. The summed E-state index contributed by atoms with van der Waals surface area (Å²) in [4.78, 5) is 107. The molecule has 2 atom stereocenters. The number of ether oxygens (including phenoxy) is 4. The summed E-state index contributed by atoms with van der Waals surface area (Å²) in [7, 11) is 0. The van der Waals surface area contributed by atoms with Crippen LogP contribution in [-0.2, 0) is 57.3 Å². The Morgan fingerprint density at radius 3 is 0.779 bits per heavy atom. The van der Waals surface area contributed by atoms with Crippen LogP contribution < -0.4 is 10.6 Å². The molecule has 1 aliphatic heterocycles. The zero-order valence-corrected chi connectivity index (χ0v) is 53.5. The van der Waals surface area contributed by atoms with Gasteiger partial charge in [-0.25, -0.2) is 0 Å². The van der Waals surface area contributed by atoms with Gasteiger partial charge in [0.1, 0.15) is 38.5 Å². The summed E-state index contributed by atoms with van der Waals surface area (Å²) >= 11 is 1.79.